The fourth-order valence-corrected chi connectivity index (χ4v) is 1.82. The van der Waals surface area contributed by atoms with Crippen LogP contribution >= 0.6 is 11.6 Å². The summed E-state index contributed by atoms with van der Waals surface area (Å²) in [6.45, 7) is 4.42. The summed E-state index contributed by atoms with van der Waals surface area (Å²) in [4.78, 5) is 2.11. The van der Waals surface area contributed by atoms with Crippen LogP contribution in [0.1, 0.15) is 12.5 Å². The number of likely N-dealkylation sites (N-methyl/N-ethyl adjacent to an activating group) is 1. The van der Waals surface area contributed by atoms with E-state index in [-0.39, 0.29) is 6.61 Å². The molecule has 0 aliphatic heterocycles. The van der Waals surface area contributed by atoms with Gasteiger partial charge in [0.05, 0.1) is 13.7 Å². The number of benzene rings is 1. The second-order valence-corrected chi connectivity index (χ2v) is 3.92. The number of aliphatic hydroxyl groups is 1. The molecule has 0 saturated carbocycles. The summed E-state index contributed by atoms with van der Waals surface area (Å²) < 4.78 is 5.28. The molecule has 0 atom stereocenters. The van der Waals surface area contributed by atoms with Crippen molar-refractivity contribution in [3.05, 3.63) is 28.8 Å². The molecular formula is C12H18ClNO2. The van der Waals surface area contributed by atoms with Gasteiger partial charge >= 0.3 is 0 Å². The maximum atomic E-state index is 8.94. The van der Waals surface area contributed by atoms with Crippen LogP contribution < -0.4 is 4.74 Å². The number of ether oxygens (including phenoxy) is 1. The topological polar surface area (TPSA) is 32.7 Å². The van der Waals surface area contributed by atoms with Crippen molar-refractivity contribution in [2.24, 2.45) is 0 Å². The smallest absolute Gasteiger partial charge is 0.124 e. The molecule has 0 radical (unpaired) electrons. The zero-order chi connectivity index (χ0) is 12.0. The van der Waals surface area contributed by atoms with Gasteiger partial charge in [0.1, 0.15) is 5.75 Å². The molecule has 0 aromatic heterocycles. The van der Waals surface area contributed by atoms with E-state index >= 15 is 0 Å². The van der Waals surface area contributed by atoms with E-state index in [1.165, 1.54) is 0 Å². The van der Waals surface area contributed by atoms with Gasteiger partial charge in [0.15, 0.2) is 0 Å². The molecule has 0 bridgehead atoms. The Kier molecular flexibility index (Phi) is 5.60. The van der Waals surface area contributed by atoms with E-state index in [0.29, 0.717) is 18.1 Å². The van der Waals surface area contributed by atoms with Gasteiger partial charge in [0.25, 0.3) is 0 Å². The Morgan fingerprint density at radius 1 is 1.44 bits per heavy atom. The number of aliphatic hydroxyl groups excluding tert-OH is 1. The lowest BCUT2D eigenvalue weighted by Crippen LogP contribution is -2.26. The molecule has 4 heteroatoms. The maximum absolute atomic E-state index is 8.94. The highest BCUT2D eigenvalue weighted by atomic mass is 35.5. The Morgan fingerprint density at radius 3 is 2.75 bits per heavy atom. The van der Waals surface area contributed by atoms with Crippen molar-refractivity contribution in [1.82, 2.24) is 4.90 Å². The number of rotatable bonds is 6. The van der Waals surface area contributed by atoms with Crippen LogP contribution in [-0.2, 0) is 6.54 Å². The van der Waals surface area contributed by atoms with Crippen LogP contribution in [0.25, 0.3) is 0 Å². The Labute approximate surface area is 102 Å². The van der Waals surface area contributed by atoms with Crippen molar-refractivity contribution in [3.8, 4) is 5.75 Å². The lowest BCUT2D eigenvalue weighted by molar-refractivity contribution is 0.195. The molecule has 1 aromatic rings. The minimum absolute atomic E-state index is 0.153. The number of methoxy groups -OCH3 is 1. The van der Waals surface area contributed by atoms with Crippen molar-refractivity contribution in [1.29, 1.82) is 0 Å². The quantitative estimate of drug-likeness (QED) is 0.831. The predicted molar refractivity (Wildman–Crippen MR) is 66.0 cm³/mol. The third kappa shape index (κ3) is 3.37. The SMILES string of the molecule is CCN(CCO)Cc1c(Cl)cccc1OC. The van der Waals surface area contributed by atoms with Gasteiger partial charge in [-0.3, -0.25) is 4.90 Å². The summed E-state index contributed by atoms with van der Waals surface area (Å²) in [6, 6.07) is 5.62. The van der Waals surface area contributed by atoms with E-state index in [1.54, 1.807) is 7.11 Å². The summed E-state index contributed by atoms with van der Waals surface area (Å²) in [6.07, 6.45) is 0. The lowest BCUT2D eigenvalue weighted by atomic mass is 10.2. The molecule has 1 rings (SSSR count). The lowest BCUT2D eigenvalue weighted by Gasteiger charge is -2.21. The van der Waals surface area contributed by atoms with Gasteiger partial charge < -0.3 is 9.84 Å². The molecule has 0 saturated heterocycles. The average Bonchev–Trinajstić information content (AvgIpc) is 2.30. The second-order valence-electron chi connectivity index (χ2n) is 3.51. The molecule has 3 nitrogen and oxygen atoms in total. The van der Waals surface area contributed by atoms with Crippen molar-refractivity contribution >= 4 is 11.6 Å². The number of nitrogens with zero attached hydrogens (tertiary/aromatic N) is 1. The van der Waals surface area contributed by atoms with Gasteiger partial charge in [0.2, 0.25) is 0 Å². The highest BCUT2D eigenvalue weighted by Crippen LogP contribution is 2.27. The molecule has 1 aromatic carbocycles. The largest absolute Gasteiger partial charge is 0.496 e. The van der Waals surface area contributed by atoms with Crippen LogP contribution in [0.4, 0.5) is 0 Å². The second kappa shape index (κ2) is 6.74. The zero-order valence-corrected chi connectivity index (χ0v) is 10.5. The predicted octanol–water partition coefficient (Wildman–Crippen LogP) is 2.16. The minimum Gasteiger partial charge on any atom is -0.496 e. The van der Waals surface area contributed by atoms with Gasteiger partial charge in [-0.15, -0.1) is 0 Å². The summed E-state index contributed by atoms with van der Waals surface area (Å²) >= 11 is 6.14. The zero-order valence-electron chi connectivity index (χ0n) is 9.74. The molecule has 0 fully saturated rings. The summed E-state index contributed by atoms with van der Waals surface area (Å²) in [5, 5.41) is 9.64. The van der Waals surface area contributed by atoms with Gasteiger partial charge in [-0.1, -0.05) is 24.6 Å². The Morgan fingerprint density at radius 2 is 2.19 bits per heavy atom. The first-order valence-corrected chi connectivity index (χ1v) is 5.75. The number of hydrogen-bond acceptors (Lipinski definition) is 3. The van der Waals surface area contributed by atoms with Crippen LogP contribution in [0.3, 0.4) is 0 Å². The maximum Gasteiger partial charge on any atom is 0.124 e. The minimum atomic E-state index is 0.153. The normalized spacial score (nSPS) is 10.8. The van der Waals surface area contributed by atoms with Crippen LogP contribution in [-0.4, -0.2) is 36.8 Å². The average molecular weight is 244 g/mol. The van der Waals surface area contributed by atoms with Gasteiger partial charge in [-0.25, -0.2) is 0 Å². The van der Waals surface area contributed by atoms with E-state index in [4.69, 9.17) is 21.4 Å². The highest BCUT2D eigenvalue weighted by molar-refractivity contribution is 6.31. The van der Waals surface area contributed by atoms with Crippen LogP contribution in [0.15, 0.2) is 18.2 Å². The third-order valence-electron chi connectivity index (χ3n) is 2.54. The first kappa shape index (κ1) is 13.3. The van der Waals surface area contributed by atoms with Crippen molar-refractivity contribution in [2.45, 2.75) is 13.5 Å². The van der Waals surface area contributed by atoms with Crippen molar-refractivity contribution in [2.75, 3.05) is 26.8 Å². The molecule has 1 N–H and O–H groups in total. The molecule has 0 heterocycles. The van der Waals surface area contributed by atoms with E-state index in [1.807, 2.05) is 18.2 Å². The third-order valence-corrected chi connectivity index (χ3v) is 2.90. The molecule has 16 heavy (non-hydrogen) atoms. The van der Waals surface area contributed by atoms with E-state index in [9.17, 15) is 0 Å². The van der Waals surface area contributed by atoms with E-state index in [2.05, 4.69) is 11.8 Å². The Balaban J connectivity index is 2.85. The van der Waals surface area contributed by atoms with E-state index in [0.717, 1.165) is 17.9 Å². The van der Waals surface area contributed by atoms with Crippen LogP contribution in [0.5, 0.6) is 5.75 Å². The molecule has 0 amide bonds. The fourth-order valence-electron chi connectivity index (χ4n) is 1.60. The Hall–Kier alpha value is -0.770. The molecule has 90 valence electrons. The van der Waals surface area contributed by atoms with Gasteiger partial charge in [-0.2, -0.15) is 0 Å². The Bertz CT molecular complexity index is 331. The standard InChI is InChI=1S/C12H18ClNO2/c1-3-14(7-8-15)9-10-11(13)5-4-6-12(10)16-2/h4-6,15H,3,7-9H2,1-2H3. The van der Waals surface area contributed by atoms with Crippen LogP contribution in [0, 0.1) is 0 Å². The van der Waals surface area contributed by atoms with Crippen molar-refractivity contribution in [3.63, 3.8) is 0 Å². The number of halogens is 1. The fraction of sp³-hybridized carbons (Fsp3) is 0.500. The van der Waals surface area contributed by atoms with Gasteiger partial charge in [0, 0.05) is 23.7 Å². The first-order valence-electron chi connectivity index (χ1n) is 5.37. The molecule has 0 unspecified atom stereocenters. The van der Waals surface area contributed by atoms with Crippen molar-refractivity contribution < 1.29 is 9.84 Å². The summed E-state index contributed by atoms with van der Waals surface area (Å²) in [5.74, 6) is 0.795. The summed E-state index contributed by atoms with van der Waals surface area (Å²) in [7, 11) is 1.64. The molecule has 0 aliphatic rings. The molecule has 0 spiro atoms. The first-order chi connectivity index (χ1) is 7.72. The monoisotopic (exact) mass is 243 g/mol. The highest BCUT2D eigenvalue weighted by Gasteiger charge is 2.11. The van der Waals surface area contributed by atoms with E-state index < -0.39 is 0 Å². The molecule has 0 aliphatic carbocycles. The van der Waals surface area contributed by atoms with Gasteiger partial charge in [-0.05, 0) is 18.7 Å². The summed E-state index contributed by atoms with van der Waals surface area (Å²) in [5.41, 5.74) is 0.974. The molecular weight excluding hydrogens is 226 g/mol. The number of hydrogen-bond donors (Lipinski definition) is 1. The van der Waals surface area contributed by atoms with Crippen LogP contribution in [0.2, 0.25) is 5.02 Å².